The second kappa shape index (κ2) is 8.96. The minimum Gasteiger partial charge on any atom is -0.369 e. The lowest BCUT2D eigenvalue weighted by Gasteiger charge is -2.36. The molecule has 0 spiro atoms. The molecule has 2 aromatic carbocycles. The normalized spacial score (nSPS) is 15.1. The number of carbonyl (C=O) groups excluding carboxylic acids is 1. The lowest BCUT2D eigenvalue weighted by atomic mass is 10.2. The highest BCUT2D eigenvalue weighted by Crippen LogP contribution is 2.29. The number of nitrogens with zero attached hydrogens (tertiary/aromatic N) is 2. The van der Waals surface area contributed by atoms with Gasteiger partial charge in [-0.15, -0.1) is 0 Å². The van der Waals surface area contributed by atoms with Gasteiger partial charge in [0.2, 0.25) is 5.91 Å². The molecule has 1 N–H and O–H groups in total. The van der Waals surface area contributed by atoms with Gasteiger partial charge in [0.05, 0.1) is 15.7 Å². The van der Waals surface area contributed by atoms with Gasteiger partial charge in [0.15, 0.2) is 0 Å². The van der Waals surface area contributed by atoms with Crippen LogP contribution in [0.1, 0.15) is 6.42 Å². The molecule has 4 nitrogen and oxygen atoms in total. The number of piperazine rings is 1. The average molecular weight is 413 g/mol. The van der Waals surface area contributed by atoms with E-state index in [0.29, 0.717) is 28.7 Å². The number of carbonyl (C=O) groups is 1. The number of rotatable bonds is 5. The van der Waals surface area contributed by atoms with Crippen molar-refractivity contribution in [2.45, 2.75) is 6.42 Å². The Morgan fingerprint density at radius 2 is 1.62 bits per heavy atom. The number of nitrogens with one attached hydrogen (secondary N) is 1. The Labute approximate surface area is 168 Å². The highest BCUT2D eigenvalue weighted by Gasteiger charge is 2.18. The molecule has 26 heavy (non-hydrogen) atoms. The molecule has 0 radical (unpaired) electrons. The molecule has 1 aliphatic rings. The third kappa shape index (κ3) is 5.04. The summed E-state index contributed by atoms with van der Waals surface area (Å²) in [5, 5.41) is 4.44. The first-order valence-corrected chi connectivity index (χ1v) is 9.63. The predicted octanol–water partition coefficient (Wildman–Crippen LogP) is 4.80. The molecular weight excluding hydrogens is 393 g/mol. The lowest BCUT2D eigenvalue weighted by Crippen LogP contribution is -2.47. The van der Waals surface area contributed by atoms with Crippen molar-refractivity contribution < 1.29 is 4.79 Å². The highest BCUT2D eigenvalue weighted by molar-refractivity contribution is 6.39. The van der Waals surface area contributed by atoms with Crippen molar-refractivity contribution in [1.82, 2.24) is 4.90 Å². The third-order valence-corrected chi connectivity index (χ3v) is 5.29. The van der Waals surface area contributed by atoms with E-state index in [9.17, 15) is 4.79 Å². The molecule has 1 aliphatic heterocycles. The van der Waals surface area contributed by atoms with E-state index in [1.807, 2.05) is 18.2 Å². The Kier molecular flexibility index (Phi) is 6.65. The van der Waals surface area contributed by atoms with Crippen molar-refractivity contribution in [2.24, 2.45) is 0 Å². The van der Waals surface area contributed by atoms with Crippen LogP contribution in [0.3, 0.4) is 0 Å². The third-order valence-electron chi connectivity index (χ3n) is 4.43. The number of halogens is 3. The molecule has 0 aliphatic carbocycles. The van der Waals surface area contributed by atoms with Crippen LogP contribution in [-0.4, -0.2) is 43.5 Å². The van der Waals surface area contributed by atoms with Gasteiger partial charge in [0.25, 0.3) is 0 Å². The summed E-state index contributed by atoms with van der Waals surface area (Å²) in [4.78, 5) is 16.8. The maximum atomic E-state index is 12.2. The standard InChI is InChI=1S/C19H20Cl3N3O/c20-14-3-1-4-15(13-14)25-11-9-24(10-12-25)8-7-18(26)23-19-16(21)5-2-6-17(19)22/h1-6,13H,7-12H2,(H,23,26). The minimum absolute atomic E-state index is 0.0859. The van der Waals surface area contributed by atoms with Crippen LogP contribution >= 0.6 is 34.8 Å². The van der Waals surface area contributed by atoms with Crippen LogP contribution in [0.4, 0.5) is 11.4 Å². The first-order valence-electron chi connectivity index (χ1n) is 8.49. The van der Waals surface area contributed by atoms with Crippen LogP contribution in [0.25, 0.3) is 0 Å². The highest BCUT2D eigenvalue weighted by atomic mass is 35.5. The van der Waals surface area contributed by atoms with E-state index < -0.39 is 0 Å². The van der Waals surface area contributed by atoms with E-state index >= 15 is 0 Å². The number of amides is 1. The van der Waals surface area contributed by atoms with Crippen molar-refractivity contribution in [1.29, 1.82) is 0 Å². The topological polar surface area (TPSA) is 35.6 Å². The Morgan fingerprint density at radius 3 is 2.27 bits per heavy atom. The largest absolute Gasteiger partial charge is 0.369 e. The molecule has 1 amide bonds. The van der Waals surface area contributed by atoms with Crippen LogP contribution in [0.2, 0.25) is 15.1 Å². The van der Waals surface area contributed by atoms with E-state index in [1.165, 1.54) is 0 Å². The average Bonchev–Trinajstić information content (AvgIpc) is 2.64. The number of para-hydroxylation sites is 1. The molecule has 0 aromatic heterocycles. The zero-order valence-electron chi connectivity index (χ0n) is 14.2. The summed E-state index contributed by atoms with van der Waals surface area (Å²) in [5.41, 5.74) is 1.62. The van der Waals surface area contributed by atoms with Gasteiger partial charge in [-0.2, -0.15) is 0 Å². The van der Waals surface area contributed by atoms with E-state index in [0.717, 1.165) is 36.9 Å². The first-order chi connectivity index (χ1) is 12.5. The van der Waals surface area contributed by atoms with Gasteiger partial charge in [-0.05, 0) is 30.3 Å². The molecular formula is C19H20Cl3N3O. The van der Waals surface area contributed by atoms with Gasteiger partial charge in [0, 0.05) is 49.9 Å². The van der Waals surface area contributed by atoms with Gasteiger partial charge < -0.3 is 10.2 Å². The maximum Gasteiger partial charge on any atom is 0.225 e. The molecule has 138 valence electrons. The van der Waals surface area contributed by atoms with Crippen LogP contribution in [0.15, 0.2) is 42.5 Å². The van der Waals surface area contributed by atoms with E-state index in [2.05, 4.69) is 21.2 Å². The minimum atomic E-state index is -0.0859. The maximum absolute atomic E-state index is 12.2. The molecule has 1 saturated heterocycles. The van der Waals surface area contributed by atoms with Crippen molar-refractivity contribution in [3.8, 4) is 0 Å². The van der Waals surface area contributed by atoms with Gasteiger partial charge in [-0.25, -0.2) is 0 Å². The second-order valence-electron chi connectivity index (χ2n) is 6.20. The fourth-order valence-electron chi connectivity index (χ4n) is 2.98. The predicted molar refractivity (Wildman–Crippen MR) is 110 cm³/mol. The number of hydrogen-bond donors (Lipinski definition) is 1. The summed E-state index contributed by atoms with van der Waals surface area (Å²) >= 11 is 18.2. The zero-order chi connectivity index (χ0) is 18.5. The van der Waals surface area contributed by atoms with E-state index in [4.69, 9.17) is 34.8 Å². The van der Waals surface area contributed by atoms with Gasteiger partial charge in [0.1, 0.15) is 0 Å². The molecule has 1 heterocycles. The Hall–Kier alpha value is -1.46. The van der Waals surface area contributed by atoms with Gasteiger partial charge >= 0.3 is 0 Å². The Bertz CT molecular complexity index is 756. The molecule has 7 heteroatoms. The van der Waals surface area contributed by atoms with Crippen molar-refractivity contribution in [2.75, 3.05) is 42.9 Å². The fraction of sp³-hybridized carbons (Fsp3) is 0.316. The number of hydrogen-bond acceptors (Lipinski definition) is 3. The Morgan fingerprint density at radius 1 is 0.962 bits per heavy atom. The molecule has 1 fully saturated rings. The van der Waals surface area contributed by atoms with Crippen LogP contribution < -0.4 is 10.2 Å². The number of benzene rings is 2. The summed E-state index contributed by atoms with van der Waals surface area (Å²) in [6, 6.07) is 13.1. The number of anilines is 2. The van der Waals surface area contributed by atoms with Crippen LogP contribution in [-0.2, 0) is 4.79 Å². The van der Waals surface area contributed by atoms with Crippen LogP contribution in [0, 0.1) is 0 Å². The lowest BCUT2D eigenvalue weighted by molar-refractivity contribution is -0.116. The molecule has 3 rings (SSSR count). The van der Waals surface area contributed by atoms with E-state index in [1.54, 1.807) is 18.2 Å². The molecule has 0 bridgehead atoms. The van der Waals surface area contributed by atoms with E-state index in [-0.39, 0.29) is 5.91 Å². The smallest absolute Gasteiger partial charge is 0.225 e. The van der Waals surface area contributed by atoms with Crippen LogP contribution in [0.5, 0.6) is 0 Å². The molecule has 0 atom stereocenters. The van der Waals surface area contributed by atoms with Gasteiger partial charge in [-0.3, -0.25) is 9.69 Å². The monoisotopic (exact) mass is 411 g/mol. The van der Waals surface area contributed by atoms with Gasteiger partial charge in [-0.1, -0.05) is 46.9 Å². The van der Waals surface area contributed by atoms with Crippen molar-refractivity contribution >= 4 is 52.1 Å². The summed E-state index contributed by atoms with van der Waals surface area (Å²) in [6.45, 7) is 4.35. The summed E-state index contributed by atoms with van der Waals surface area (Å²) in [6.07, 6.45) is 0.402. The fourth-order valence-corrected chi connectivity index (χ4v) is 3.66. The molecule has 0 saturated carbocycles. The quantitative estimate of drug-likeness (QED) is 0.766. The summed E-state index contributed by atoms with van der Waals surface area (Å²) in [7, 11) is 0. The SMILES string of the molecule is O=C(CCN1CCN(c2cccc(Cl)c2)CC1)Nc1c(Cl)cccc1Cl. The van der Waals surface area contributed by atoms with Crippen molar-refractivity contribution in [3.05, 3.63) is 57.5 Å². The van der Waals surface area contributed by atoms with Crippen molar-refractivity contribution in [3.63, 3.8) is 0 Å². The molecule has 0 unspecified atom stereocenters. The summed E-state index contributed by atoms with van der Waals surface area (Å²) in [5.74, 6) is -0.0859. The molecule has 2 aromatic rings. The first kappa shape index (κ1) is 19.3. The zero-order valence-corrected chi connectivity index (χ0v) is 16.5. The second-order valence-corrected chi connectivity index (χ2v) is 7.45. The summed E-state index contributed by atoms with van der Waals surface area (Å²) < 4.78 is 0. The Balaban J connectivity index is 1.46.